The topological polar surface area (TPSA) is 129 Å². The van der Waals surface area contributed by atoms with Crippen molar-refractivity contribution in [3.05, 3.63) is 36.0 Å². The summed E-state index contributed by atoms with van der Waals surface area (Å²) < 4.78 is 17.4. The minimum Gasteiger partial charge on any atom is -0.480 e. The Bertz CT molecular complexity index is 894. The van der Waals surface area contributed by atoms with Crippen molar-refractivity contribution >= 4 is 30.4 Å². The molecule has 1 unspecified atom stereocenters. The third-order valence-electron chi connectivity index (χ3n) is 4.49. The van der Waals surface area contributed by atoms with Crippen LogP contribution in [0, 0.1) is 5.92 Å². The summed E-state index contributed by atoms with van der Waals surface area (Å²) in [5.41, 5.74) is 1.63. The lowest BCUT2D eigenvalue weighted by molar-refractivity contribution is -0.143. The van der Waals surface area contributed by atoms with E-state index in [0.717, 1.165) is 16.5 Å². The zero-order chi connectivity index (χ0) is 21.6. The summed E-state index contributed by atoms with van der Waals surface area (Å²) in [7, 11) is -3.93. The molecule has 0 saturated carbocycles. The number of para-hydroxylation sites is 1. The first-order valence-electron chi connectivity index (χ1n) is 9.71. The number of carboxylic acid groups (broad SMARTS) is 1. The van der Waals surface area contributed by atoms with E-state index in [0.29, 0.717) is 6.42 Å². The van der Waals surface area contributed by atoms with Gasteiger partial charge in [0.25, 0.3) is 0 Å². The summed E-state index contributed by atoms with van der Waals surface area (Å²) >= 11 is 0. The van der Waals surface area contributed by atoms with Crippen molar-refractivity contribution in [2.24, 2.45) is 5.92 Å². The van der Waals surface area contributed by atoms with Crippen molar-refractivity contribution in [1.82, 2.24) is 10.3 Å². The normalized spacial score (nSPS) is 15.8. The summed E-state index contributed by atoms with van der Waals surface area (Å²) in [5.74, 6) is -1.87. The number of hydrogen-bond acceptors (Lipinski definition) is 4. The van der Waals surface area contributed by atoms with Gasteiger partial charge in [0.1, 0.15) is 12.1 Å². The molecular formula is C20H29N2O6P. The molecule has 2 aromatic rings. The van der Waals surface area contributed by atoms with Gasteiger partial charge in [-0.3, -0.25) is 13.9 Å². The van der Waals surface area contributed by atoms with Gasteiger partial charge in [0, 0.05) is 29.7 Å². The maximum atomic E-state index is 12.7. The zero-order valence-corrected chi connectivity index (χ0v) is 17.8. The van der Waals surface area contributed by atoms with E-state index in [4.69, 9.17) is 4.52 Å². The van der Waals surface area contributed by atoms with Crippen LogP contribution in [0.2, 0.25) is 0 Å². The lowest BCUT2D eigenvalue weighted by atomic mass is 10.0. The molecule has 1 heterocycles. The van der Waals surface area contributed by atoms with E-state index in [2.05, 4.69) is 10.3 Å². The van der Waals surface area contributed by atoms with E-state index >= 15 is 0 Å². The van der Waals surface area contributed by atoms with Crippen LogP contribution in [-0.4, -0.2) is 45.2 Å². The minimum atomic E-state index is -3.93. The number of rotatable bonds is 11. The molecule has 160 valence electrons. The summed E-state index contributed by atoms with van der Waals surface area (Å²) in [6.45, 7) is 5.45. The van der Waals surface area contributed by atoms with Gasteiger partial charge in [-0.15, -0.1) is 0 Å². The van der Waals surface area contributed by atoms with Crippen LogP contribution in [0.25, 0.3) is 10.9 Å². The molecule has 0 aliphatic rings. The number of nitrogens with one attached hydrogen (secondary N) is 2. The van der Waals surface area contributed by atoms with Crippen LogP contribution in [0.4, 0.5) is 0 Å². The molecule has 8 nitrogen and oxygen atoms in total. The molecule has 9 heteroatoms. The van der Waals surface area contributed by atoms with Crippen LogP contribution in [0.5, 0.6) is 0 Å². The lowest BCUT2D eigenvalue weighted by Crippen LogP contribution is -2.47. The molecule has 2 rings (SSSR count). The monoisotopic (exact) mass is 424 g/mol. The quantitative estimate of drug-likeness (QED) is 0.410. The number of amides is 1. The second-order valence-electron chi connectivity index (χ2n) is 7.55. The number of carbonyl (C=O) groups excluding carboxylic acids is 1. The summed E-state index contributed by atoms with van der Waals surface area (Å²) in [6, 6.07) is 6.29. The molecule has 0 spiro atoms. The number of benzene rings is 1. The van der Waals surface area contributed by atoms with E-state index in [1.165, 1.54) is 0 Å². The maximum Gasteiger partial charge on any atom is 0.328 e. The number of carboxylic acids is 1. The fourth-order valence-electron chi connectivity index (χ4n) is 3.15. The van der Waals surface area contributed by atoms with E-state index in [1.54, 1.807) is 13.1 Å². The average molecular weight is 424 g/mol. The predicted molar refractivity (Wildman–Crippen MR) is 111 cm³/mol. The van der Waals surface area contributed by atoms with Gasteiger partial charge in [-0.2, -0.15) is 0 Å². The second kappa shape index (κ2) is 10.1. The molecule has 3 atom stereocenters. The highest BCUT2D eigenvalue weighted by Gasteiger charge is 2.32. The average Bonchev–Trinajstić information content (AvgIpc) is 3.03. The molecule has 1 aromatic carbocycles. The Kier molecular flexibility index (Phi) is 8.02. The van der Waals surface area contributed by atoms with E-state index in [9.17, 15) is 24.2 Å². The van der Waals surface area contributed by atoms with Gasteiger partial charge in [0.05, 0.1) is 0 Å². The highest BCUT2D eigenvalue weighted by molar-refractivity contribution is 7.52. The Morgan fingerprint density at radius 1 is 1.28 bits per heavy atom. The minimum absolute atomic E-state index is 0.0178. The maximum absolute atomic E-state index is 12.7. The van der Waals surface area contributed by atoms with E-state index in [1.807, 2.05) is 38.1 Å². The smallest absolute Gasteiger partial charge is 0.328 e. The van der Waals surface area contributed by atoms with Crippen molar-refractivity contribution in [3.8, 4) is 0 Å². The molecule has 1 aromatic heterocycles. The second-order valence-corrected chi connectivity index (χ2v) is 9.48. The predicted octanol–water partition coefficient (Wildman–Crippen LogP) is 3.31. The molecule has 0 aliphatic carbocycles. The highest BCUT2D eigenvalue weighted by Crippen LogP contribution is 2.44. The van der Waals surface area contributed by atoms with Gasteiger partial charge in [0.2, 0.25) is 5.91 Å². The number of fused-ring (bicyclic) bond motifs is 1. The Morgan fingerprint density at radius 3 is 2.59 bits per heavy atom. The first kappa shape index (κ1) is 23.1. The van der Waals surface area contributed by atoms with E-state index < -0.39 is 31.6 Å². The van der Waals surface area contributed by atoms with Crippen molar-refractivity contribution in [2.75, 3.05) is 6.16 Å². The largest absolute Gasteiger partial charge is 0.480 e. The van der Waals surface area contributed by atoms with Crippen LogP contribution in [-0.2, 0) is 25.1 Å². The third kappa shape index (κ3) is 6.70. The van der Waals surface area contributed by atoms with Crippen molar-refractivity contribution < 1.29 is 28.7 Å². The van der Waals surface area contributed by atoms with Crippen LogP contribution in [0.1, 0.15) is 39.2 Å². The Hall–Kier alpha value is -2.15. The summed E-state index contributed by atoms with van der Waals surface area (Å²) in [4.78, 5) is 37.5. The van der Waals surface area contributed by atoms with Crippen LogP contribution in [0.3, 0.4) is 0 Å². The number of aromatic nitrogens is 1. The molecule has 0 aliphatic heterocycles. The summed E-state index contributed by atoms with van der Waals surface area (Å²) in [5, 5.41) is 13.0. The molecule has 0 fully saturated rings. The Balaban J connectivity index is 2.16. The lowest BCUT2D eigenvalue weighted by Gasteiger charge is -2.24. The number of aromatic amines is 1. The molecule has 29 heavy (non-hydrogen) atoms. The standard InChI is InChI=1S/C20H29N2O6P/c1-4-9-29(26,27)28-18(10-13(2)3)19(23)22-17(20(24)25)11-14-12-21-16-8-6-5-7-15(14)16/h5-8,12-13,17-18,21H,4,9-11H2,1-3H3,(H,22,23)(H,24,25)(H,26,27)/t17-,18-/m0/s1. The molecule has 0 radical (unpaired) electrons. The van der Waals surface area contributed by atoms with Crippen molar-refractivity contribution in [1.29, 1.82) is 0 Å². The summed E-state index contributed by atoms with van der Waals surface area (Å²) in [6.07, 6.45) is 1.18. The van der Waals surface area contributed by atoms with Crippen molar-refractivity contribution in [3.63, 3.8) is 0 Å². The number of H-pyrrole nitrogens is 1. The van der Waals surface area contributed by atoms with E-state index in [-0.39, 0.29) is 24.9 Å². The molecular weight excluding hydrogens is 395 g/mol. The van der Waals surface area contributed by atoms with Gasteiger partial charge in [-0.1, -0.05) is 39.0 Å². The first-order chi connectivity index (χ1) is 13.6. The number of hydrogen-bond donors (Lipinski definition) is 4. The Morgan fingerprint density at radius 2 is 1.97 bits per heavy atom. The van der Waals surface area contributed by atoms with Gasteiger partial charge in [0.15, 0.2) is 0 Å². The fraction of sp³-hybridized carbons (Fsp3) is 0.500. The Labute approximate surface area is 170 Å². The number of aliphatic carboxylic acids is 1. The molecule has 1 amide bonds. The van der Waals surface area contributed by atoms with Gasteiger partial charge < -0.3 is 20.3 Å². The molecule has 0 bridgehead atoms. The van der Waals surface area contributed by atoms with Gasteiger partial charge in [-0.25, -0.2) is 4.79 Å². The van der Waals surface area contributed by atoms with Crippen LogP contribution < -0.4 is 5.32 Å². The highest BCUT2D eigenvalue weighted by atomic mass is 31.2. The SMILES string of the molecule is CCCP(=O)(O)O[C@@H](CC(C)C)C(=O)N[C@@H](Cc1c[nH]c2ccccc12)C(=O)O. The first-order valence-corrected chi connectivity index (χ1v) is 11.5. The zero-order valence-electron chi connectivity index (χ0n) is 16.9. The van der Waals surface area contributed by atoms with Gasteiger partial charge >= 0.3 is 13.6 Å². The molecule has 0 saturated heterocycles. The van der Waals surface area contributed by atoms with Crippen molar-refractivity contribution in [2.45, 2.75) is 52.2 Å². The van der Waals surface area contributed by atoms with Gasteiger partial charge in [-0.05, 0) is 30.4 Å². The molecule has 4 N–H and O–H groups in total. The third-order valence-corrected chi connectivity index (χ3v) is 6.09. The van der Waals surface area contributed by atoms with Crippen LogP contribution >= 0.6 is 7.60 Å². The number of carbonyl (C=O) groups is 2. The van der Waals surface area contributed by atoms with Crippen LogP contribution in [0.15, 0.2) is 30.5 Å². The fourth-order valence-corrected chi connectivity index (χ4v) is 4.40.